The van der Waals surface area contributed by atoms with Crippen LogP contribution in [-0.2, 0) is 9.59 Å². The van der Waals surface area contributed by atoms with Crippen LogP contribution in [0.5, 0.6) is 5.75 Å². The van der Waals surface area contributed by atoms with E-state index in [0.717, 1.165) is 11.4 Å². The van der Waals surface area contributed by atoms with Gasteiger partial charge in [0.2, 0.25) is 11.8 Å². The quantitative estimate of drug-likeness (QED) is 0.588. The smallest absolute Gasteiger partial charge is 0.255 e. The lowest BCUT2D eigenvalue weighted by Crippen LogP contribution is -2.51. The highest BCUT2D eigenvalue weighted by molar-refractivity contribution is 7.98. The molecular formula is C25H31N3O4S. The van der Waals surface area contributed by atoms with E-state index in [4.69, 9.17) is 4.74 Å². The lowest BCUT2D eigenvalue weighted by molar-refractivity contribution is -0.136. The van der Waals surface area contributed by atoms with Crippen LogP contribution in [0.2, 0.25) is 0 Å². The van der Waals surface area contributed by atoms with Crippen molar-refractivity contribution in [2.45, 2.75) is 25.3 Å². The molecule has 1 aliphatic rings. The van der Waals surface area contributed by atoms with E-state index in [0.29, 0.717) is 43.7 Å². The van der Waals surface area contributed by atoms with Crippen molar-refractivity contribution in [2.24, 2.45) is 5.92 Å². The maximum absolute atomic E-state index is 13.3. The van der Waals surface area contributed by atoms with Gasteiger partial charge in [0.25, 0.3) is 5.91 Å². The predicted molar refractivity (Wildman–Crippen MR) is 132 cm³/mol. The maximum Gasteiger partial charge on any atom is 0.255 e. The Balaban J connectivity index is 1.59. The van der Waals surface area contributed by atoms with Gasteiger partial charge in [0.05, 0.1) is 12.7 Å². The van der Waals surface area contributed by atoms with Crippen LogP contribution in [0.3, 0.4) is 0 Å². The van der Waals surface area contributed by atoms with Crippen molar-refractivity contribution in [3.05, 3.63) is 60.2 Å². The fourth-order valence-corrected chi connectivity index (χ4v) is 4.38. The zero-order valence-electron chi connectivity index (χ0n) is 19.1. The zero-order valence-corrected chi connectivity index (χ0v) is 19.9. The highest BCUT2D eigenvalue weighted by atomic mass is 32.2. The first-order valence-electron chi connectivity index (χ1n) is 11.1. The van der Waals surface area contributed by atoms with Gasteiger partial charge in [-0.25, -0.2) is 0 Å². The largest absolute Gasteiger partial charge is 0.496 e. The number of carbonyl (C=O) groups excluding carboxylic acids is 3. The Morgan fingerprint density at radius 1 is 1.06 bits per heavy atom. The van der Waals surface area contributed by atoms with Gasteiger partial charge < -0.3 is 20.3 Å². The summed E-state index contributed by atoms with van der Waals surface area (Å²) in [6, 6.07) is 15.7. The second-order valence-electron chi connectivity index (χ2n) is 7.96. The third-order valence-corrected chi connectivity index (χ3v) is 6.43. The monoisotopic (exact) mass is 469 g/mol. The SMILES string of the molecule is COc1ccccc1C(=O)NC(CCSC)C(=O)N1CCC(C(=O)Nc2ccccc2)CC1. The van der Waals surface area contributed by atoms with Gasteiger partial charge in [-0.15, -0.1) is 0 Å². The average molecular weight is 470 g/mol. The van der Waals surface area contributed by atoms with Crippen molar-refractivity contribution in [2.75, 3.05) is 37.5 Å². The van der Waals surface area contributed by atoms with Crippen molar-refractivity contribution in [1.82, 2.24) is 10.2 Å². The van der Waals surface area contributed by atoms with E-state index in [1.54, 1.807) is 40.9 Å². The molecule has 2 N–H and O–H groups in total. The topological polar surface area (TPSA) is 87.7 Å². The van der Waals surface area contributed by atoms with E-state index >= 15 is 0 Å². The molecule has 7 nitrogen and oxygen atoms in total. The summed E-state index contributed by atoms with van der Waals surface area (Å²) in [6.07, 6.45) is 3.70. The molecule has 1 heterocycles. The molecule has 8 heteroatoms. The van der Waals surface area contributed by atoms with Crippen LogP contribution >= 0.6 is 11.8 Å². The highest BCUT2D eigenvalue weighted by Gasteiger charge is 2.32. The van der Waals surface area contributed by atoms with Crippen LogP contribution in [-0.4, -0.2) is 60.9 Å². The zero-order chi connectivity index (χ0) is 23.6. The van der Waals surface area contributed by atoms with Crippen molar-refractivity contribution in [3.8, 4) is 5.75 Å². The molecule has 2 aromatic rings. The minimum Gasteiger partial charge on any atom is -0.496 e. The van der Waals surface area contributed by atoms with E-state index < -0.39 is 6.04 Å². The number of rotatable bonds is 9. The van der Waals surface area contributed by atoms with Gasteiger partial charge in [-0.1, -0.05) is 30.3 Å². The molecule has 0 saturated carbocycles. The van der Waals surface area contributed by atoms with E-state index in [1.807, 2.05) is 36.6 Å². The van der Waals surface area contributed by atoms with Crippen LogP contribution in [0.25, 0.3) is 0 Å². The molecule has 0 radical (unpaired) electrons. The Labute approximate surface area is 199 Å². The molecule has 2 aromatic carbocycles. The van der Waals surface area contributed by atoms with Crippen molar-refractivity contribution < 1.29 is 19.1 Å². The summed E-state index contributed by atoms with van der Waals surface area (Å²) in [5.41, 5.74) is 1.18. The molecule has 1 saturated heterocycles. The van der Waals surface area contributed by atoms with Gasteiger partial charge in [0.15, 0.2) is 0 Å². The molecule has 1 fully saturated rings. The summed E-state index contributed by atoms with van der Waals surface area (Å²) < 4.78 is 5.28. The molecule has 3 amide bonds. The molecule has 0 aliphatic carbocycles. The van der Waals surface area contributed by atoms with Crippen molar-refractivity contribution in [3.63, 3.8) is 0 Å². The first-order valence-corrected chi connectivity index (χ1v) is 12.5. The van der Waals surface area contributed by atoms with Crippen LogP contribution < -0.4 is 15.4 Å². The van der Waals surface area contributed by atoms with Crippen LogP contribution in [0.4, 0.5) is 5.69 Å². The number of likely N-dealkylation sites (tertiary alicyclic amines) is 1. The summed E-state index contributed by atoms with van der Waals surface area (Å²) >= 11 is 1.63. The number of anilines is 1. The minimum absolute atomic E-state index is 0.0169. The third kappa shape index (κ3) is 6.74. The maximum atomic E-state index is 13.3. The molecular weight excluding hydrogens is 438 g/mol. The molecule has 0 aromatic heterocycles. The predicted octanol–water partition coefficient (Wildman–Crippen LogP) is 3.42. The van der Waals surface area contributed by atoms with Gasteiger partial charge in [-0.3, -0.25) is 14.4 Å². The first-order chi connectivity index (χ1) is 16.0. The van der Waals surface area contributed by atoms with Crippen molar-refractivity contribution >= 4 is 35.2 Å². The minimum atomic E-state index is -0.621. The van der Waals surface area contributed by atoms with Gasteiger partial charge in [-0.2, -0.15) is 11.8 Å². The standard InChI is InChI=1S/C25H31N3O4S/c1-32-22-11-7-6-10-20(22)24(30)27-21(14-17-33-2)25(31)28-15-12-18(13-16-28)23(29)26-19-8-4-3-5-9-19/h3-11,18,21H,12-17H2,1-2H3,(H,26,29)(H,27,30). The summed E-state index contributed by atoms with van der Waals surface area (Å²) in [7, 11) is 1.51. The Morgan fingerprint density at radius 3 is 2.39 bits per heavy atom. The number of para-hydroxylation sites is 2. The molecule has 1 unspecified atom stereocenters. The molecule has 176 valence electrons. The van der Waals surface area contributed by atoms with Crippen LogP contribution in [0.1, 0.15) is 29.6 Å². The summed E-state index contributed by atoms with van der Waals surface area (Å²) in [4.78, 5) is 40.5. The Morgan fingerprint density at radius 2 is 1.73 bits per heavy atom. The number of hydrogen-bond acceptors (Lipinski definition) is 5. The number of benzene rings is 2. The number of amides is 3. The Bertz CT molecular complexity index is 946. The van der Waals surface area contributed by atoms with Crippen LogP contribution in [0, 0.1) is 5.92 Å². The lowest BCUT2D eigenvalue weighted by atomic mass is 9.95. The number of nitrogens with zero attached hydrogens (tertiary/aromatic N) is 1. The van der Waals surface area contributed by atoms with Gasteiger partial charge in [-0.05, 0) is 55.5 Å². The number of piperidine rings is 1. The normalized spacial score (nSPS) is 14.9. The average Bonchev–Trinajstić information content (AvgIpc) is 2.86. The Hall–Kier alpha value is -3.00. The summed E-state index contributed by atoms with van der Waals surface area (Å²) in [6.45, 7) is 0.984. The lowest BCUT2D eigenvalue weighted by Gasteiger charge is -2.34. The van der Waals surface area contributed by atoms with Gasteiger partial charge >= 0.3 is 0 Å². The fourth-order valence-electron chi connectivity index (χ4n) is 3.91. The first kappa shape index (κ1) is 24.6. The number of hydrogen-bond donors (Lipinski definition) is 2. The molecule has 1 aliphatic heterocycles. The number of thioether (sulfide) groups is 1. The molecule has 1 atom stereocenters. The summed E-state index contributed by atoms with van der Waals surface area (Å²) in [5.74, 6) is 0.631. The number of methoxy groups -OCH3 is 1. The number of nitrogens with one attached hydrogen (secondary N) is 2. The van der Waals surface area contributed by atoms with E-state index in [9.17, 15) is 14.4 Å². The van der Waals surface area contributed by atoms with Crippen molar-refractivity contribution in [1.29, 1.82) is 0 Å². The summed E-state index contributed by atoms with van der Waals surface area (Å²) in [5, 5.41) is 5.85. The van der Waals surface area contributed by atoms with E-state index in [1.165, 1.54) is 7.11 Å². The van der Waals surface area contributed by atoms with E-state index in [-0.39, 0.29) is 23.6 Å². The second-order valence-corrected chi connectivity index (χ2v) is 8.95. The molecule has 33 heavy (non-hydrogen) atoms. The van der Waals surface area contributed by atoms with E-state index in [2.05, 4.69) is 10.6 Å². The molecule has 0 bridgehead atoms. The van der Waals surface area contributed by atoms with Gasteiger partial charge in [0, 0.05) is 24.7 Å². The second kappa shape index (κ2) is 12.3. The Kier molecular flexibility index (Phi) is 9.18. The van der Waals surface area contributed by atoms with Crippen LogP contribution in [0.15, 0.2) is 54.6 Å². The van der Waals surface area contributed by atoms with Gasteiger partial charge in [0.1, 0.15) is 11.8 Å². The highest BCUT2D eigenvalue weighted by Crippen LogP contribution is 2.22. The molecule has 0 spiro atoms. The third-order valence-electron chi connectivity index (χ3n) is 5.78. The molecule has 3 rings (SSSR count). The fraction of sp³-hybridized carbons (Fsp3) is 0.400. The number of carbonyl (C=O) groups is 3. The number of ether oxygens (including phenoxy) is 1.